The molecule has 5 heteroatoms. The Hall–Kier alpha value is -2.40. The Bertz CT molecular complexity index is 602. The molecule has 1 aromatic carbocycles. The number of benzene rings is 1. The Morgan fingerprint density at radius 3 is 2.68 bits per heavy atom. The normalized spacial score (nSPS) is 11.9. The van der Waals surface area contributed by atoms with Gasteiger partial charge in [0.2, 0.25) is 5.88 Å². The maximum atomic E-state index is 11.4. The molecule has 5 nitrogen and oxygen atoms in total. The van der Waals surface area contributed by atoms with Gasteiger partial charge in [0.25, 0.3) is 0 Å². The van der Waals surface area contributed by atoms with Gasteiger partial charge in [0.15, 0.2) is 0 Å². The third-order valence-corrected chi connectivity index (χ3v) is 3.18. The molecule has 0 spiro atoms. The van der Waals surface area contributed by atoms with Crippen molar-refractivity contribution in [3.05, 3.63) is 59.8 Å². The molecule has 0 bridgehead atoms. The molecule has 1 heterocycles. The Morgan fingerprint density at radius 1 is 1.23 bits per heavy atom. The van der Waals surface area contributed by atoms with Gasteiger partial charge in [-0.25, -0.2) is 4.98 Å². The Kier molecular flexibility index (Phi) is 5.91. The van der Waals surface area contributed by atoms with E-state index in [0.717, 1.165) is 11.3 Å². The van der Waals surface area contributed by atoms with E-state index in [1.165, 1.54) is 0 Å². The topological polar surface area (TPSA) is 71.5 Å². The van der Waals surface area contributed by atoms with Crippen molar-refractivity contribution in [2.45, 2.75) is 25.9 Å². The van der Waals surface area contributed by atoms with Crippen LogP contribution < -0.4 is 10.1 Å². The molecule has 0 unspecified atom stereocenters. The fourth-order valence-corrected chi connectivity index (χ4v) is 2.11. The number of nitrogens with zero attached hydrogens (tertiary/aromatic N) is 1. The summed E-state index contributed by atoms with van der Waals surface area (Å²) in [6.45, 7) is 2.83. The minimum atomic E-state index is -0.871. The summed E-state index contributed by atoms with van der Waals surface area (Å²) < 4.78 is 5.34. The number of pyridine rings is 1. The van der Waals surface area contributed by atoms with Crippen LogP contribution in [0.5, 0.6) is 5.88 Å². The van der Waals surface area contributed by atoms with Gasteiger partial charge in [-0.3, -0.25) is 10.1 Å². The lowest BCUT2D eigenvalue weighted by Gasteiger charge is -2.14. The van der Waals surface area contributed by atoms with Crippen molar-refractivity contribution in [3.63, 3.8) is 0 Å². The highest BCUT2D eigenvalue weighted by molar-refractivity contribution is 5.73. The lowest BCUT2D eigenvalue weighted by atomic mass is 10.1. The molecule has 2 aromatic rings. The maximum Gasteiger partial charge on any atom is 0.321 e. The van der Waals surface area contributed by atoms with Crippen molar-refractivity contribution in [1.29, 1.82) is 0 Å². The zero-order valence-electron chi connectivity index (χ0n) is 12.5. The zero-order chi connectivity index (χ0) is 15.8. The highest BCUT2D eigenvalue weighted by atomic mass is 16.5. The molecule has 2 N–H and O–H groups in total. The third-order valence-electron chi connectivity index (χ3n) is 3.18. The summed E-state index contributed by atoms with van der Waals surface area (Å²) in [5, 5.41) is 12.4. The minimum absolute atomic E-state index is 0.380. The summed E-state index contributed by atoms with van der Waals surface area (Å²) in [6, 6.07) is 14.4. The van der Waals surface area contributed by atoms with Gasteiger partial charge in [-0.15, -0.1) is 0 Å². The predicted molar refractivity (Wildman–Crippen MR) is 83.8 cm³/mol. The van der Waals surface area contributed by atoms with Crippen molar-refractivity contribution in [3.8, 4) is 5.88 Å². The van der Waals surface area contributed by atoms with Crippen LogP contribution in [0.4, 0.5) is 0 Å². The van der Waals surface area contributed by atoms with Crippen LogP contribution in [0.25, 0.3) is 0 Å². The molecule has 0 aliphatic rings. The Morgan fingerprint density at radius 2 is 2.00 bits per heavy atom. The smallest absolute Gasteiger partial charge is 0.321 e. The SMILES string of the molecule is CCOc1cccc(CN[C@H](Cc2ccccc2)C(=O)O)n1. The van der Waals surface area contributed by atoms with Gasteiger partial charge in [0, 0.05) is 12.6 Å². The number of aliphatic carboxylic acids is 1. The molecule has 116 valence electrons. The van der Waals surface area contributed by atoms with Crippen molar-refractivity contribution in [2.75, 3.05) is 6.61 Å². The van der Waals surface area contributed by atoms with Crippen molar-refractivity contribution >= 4 is 5.97 Å². The van der Waals surface area contributed by atoms with Crippen LogP contribution in [0.2, 0.25) is 0 Å². The number of nitrogens with one attached hydrogen (secondary N) is 1. The molecule has 0 aliphatic heterocycles. The number of aromatic nitrogens is 1. The highest BCUT2D eigenvalue weighted by Crippen LogP contribution is 2.08. The summed E-state index contributed by atoms with van der Waals surface area (Å²) in [5.74, 6) is -0.318. The van der Waals surface area contributed by atoms with Crippen LogP contribution in [0, 0.1) is 0 Å². The lowest BCUT2D eigenvalue weighted by Crippen LogP contribution is -2.38. The van der Waals surface area contributed by atoms with E-state index >= 15 is 0 Å². The van der Waals surface area contributed by atoms with E-state index in [0.29, 0.717) is 25.5 Å². The van der Waals surface area contributed by atoms with E-state index in [9.17, 15) is 9.90 Å². The van der Waals surface area contributed by atoms with E-state index in [-0.39, 0.29) is 0 Å². The van der Waals surface area contributed by atoms with Crippen molar-refractivity contribution < 1.29 is 14.6 Å². The molecule has 0 saturated heterocycles. The fourth-order valence-electron chi connectivity index (χ4n) is 2.11. The molecular weight excluding hydrogens is 280 g/mol. The van der Waals surface area contributed by atoms with Crippen molar-refractivity contribution in [1.82, 2.24) is 10.3 Å². The second-order valence-corrected chi connectivity index (χ2v) is 4.86. The number of carboxylic acids is 1. The van der Waals surface area contributed by atoms with E-state index in [4.69, 9.17) is 4.74 Å². The number of ether oxygens (including phenoxy) is 1. The van der Waals surface area contributed by atoms with Gasteiger partial charge in [0.1, 0.15) is 6.04 Å². The fraction of sp³-hybridized carbons (Fsp3) is 0.294. The van der Waals surface area contributed by atoms with Gasteiger partial charge in [-0.2, -0.15) is 0 Å². The van der Waals surface area contributed by atoms with Gasteiger partial charge in [-0.1, -0.05) is 36.4 Å². The number of carboxylic acid groups (broad SMARTS) is 1. The van der Waals surface area contributed by atoms with Gasteiger partial charge >= 0.3 is 5.97 Å². The molecule has 0 aliphatic carbocycles. The van der Waals surface area contributed by atoms with Crippen LogP contribution in [0.1, 0.15) is 18.2 Å². The van der Waals surface area contributed by atoms with Gasteiger partial charge in [-0.05, 0) is 25.0 Å². The third kappa shape index (κ3) is 4.86. The number of rotatable bonds is 8. The van der Waals surface area contributed by atoms with Gasteiger partial charge in [0.05, 0.1) is 12.3 Å². The van der Waals surface area contributed by atoms with Crippen molar-refractivity contribution in [2.24, 2.45) is 0 Å². The van der Waals surface area contributed by atoms with E-state index < -0.39 is 12.0 Å². The Balaban J connectivity index is 1.97. The average molecular weight is 300 g/mol. The molecule has 1 aromatic heterocycles. The van der Waals surface area contributed by atoms with Crippen LogP contribution in [-0.2, 0) is 17.8 Å². The monoisotopic (exact) mass is 300 g/mol. The second kappa shape index (κ2) is 8.14. The summed E-state index contributed by atoms with van der Waals surface area (Å²) in [5.41, 5.74) is 1.74. The molecule has 0 saturated carbocycles. The number of carbonyl (C=O) groups is 1. The van der Waals surface area contributed by atoms with Crippen LogP contribution >= 0.6 is 0 Å². The molecule has 0 fully saturated rings. The molecule has 2 rings (SSSR count). The first-order valence-corrected chi connectivity index (χ1v) is 7.28. The lowest BCUT2D eigenvalue weighted by molar-refractivity contribution is -0.139. The molecular formula is C17H20N2O3. The number of hydrogen-bond acceptors (Lipinski definition) is 4. The summed E-state index contributed by atoms with van der Waals surface area (Å²) in [4.78, 5) is 15.7. The standard InChI is InChI=1S/C17H20N2O3/c1-2-22-16-10-6-9-14(19-16)12-18-15(17(20)21)11-13-7-4-3-5-8-13/h3-10,15,18H,2,11-12H2,1H3,(H,20,21)/t15-/m1/s1. The van der Waals surface area contributed by atoms with Gasteiger partial charge < -0.3 is 9.84 Å². The molecule has 1 atom stereocenters. The first-order chi connectivity index (χ1) is 10.7. The van der Waals surface area contributed by atoms with Crippen LogP contribution in [0.3, 0.4) is 0 Å². The maximum absolute atomic E-state index is 11.4. The number of hydrogen-bond donors (Lipinski definition) is 2. The van der Waals surface area contributed by atoms with Crippen LogP contribution in [-0.4, -0.2) is 28.7 Å². The second-order valence-electron chi connectivity index (χ2n) is 4.86. The predicted octanol–water partition coefficient (Wildman–Crippen LogP) is 2.27. The largest absolute Gasteiger partial charge is 0.480 e. The first kappa shape index (κ1) is 16.0. The summed E-state index contributed by atoms with van der Waals surface area (Å²) in [7, 11) is 0. The Labute approximate surface area is 130 Å². The molecule has 0 radical (unpaired) electrons. The van der Waals surface area contributed by atoms with E-state index in [1.54, 1.807) is 6.07 Å². The zero-order valence-corrected chi connectivity index (χ0v) is 12.5. The average Bonchev–Trinajstić information content (AvgIpc) is 2.53. The quantitative estimate of drug-likeness (QED) is 0.782. The summed E-state index contributed by atoms with van der Waals surface area (Å²) in [6.07, 6.45) is 0.432. The van der Waals surface area contributed by atoms with E-state index in [1.807, 2.05) is 49.4 Å². The first-order valence-electron chi connectivity index (χ1n) is 7.28. The molecule has 0 amide bonds. The minimum Gasteiger partial charge on any atom is -0.480 e. The molecule has 22 heavy (non-hydrogen) atoms. The highest BCUT2D eigenvalue weighted by Gasteiger charge is 2.17. The summed E-state index contributed by atoms with van der Waals surface area (Å²) >= 11 is 0. The van der Waals surface area contributed by atoms with E-state index in [2.05, 4.69) is 10.3 Å². The van der Waals surface area contributed by atoms with Crippen LogP contribution in [0.15, 0.2) is 48.5 Å².